The number of nitrogens with one attached hydrogen (secondary N) is 1. The third-order valence-corrected chi connectivity index (χ3v) is 3.94. The summed E-state index contributed by atoms with van der Waals surface area (Å²) in [5, 5.41) is 3.36. The Morgan fingerprint density at radius 2 is 1.89 bits per heavy atom. The molecule has 1 heterocycles. The van der Waals surface area contributed by atoms with Gasteiger partial charge in [0.15, 0.2) is 5.82 Å². The standard InChI is InChI=1S/C15H25N3O/c1-10(2)18-6-5-16-14(15(18)19)17-13-8-11(3)7-12(4)9-13/h5-6,10-13H,7-9H2,1-4H3,(H,16,17). The molecule has 4 heteroatoms. The van der Waals surface area contributed by atoms with Gasteiger partial charge in [0, 0.05) is 24.5 Å². The molecule has 1 saturated carbocycles. The normalized spacial score (nSPS) is 27.5. The van der Waals surface area contributed by atoms with Gasteiger partial charge in [-0.1, -0.05) is 13.8 Å². The highest BCUT2D eigenvalue weighted by Crippen LogP contribution is 2.29. The molecule has 0 aliphatic heterocycles. The maximum Gasteiger partial charge on any atom is 0.293 e. The van der Waals surface area contributed by atoms with Crippen LogP contribution in [0.2, 0.25) is 0 Å². The SMILES string of the molecule is CC1CC(C)CC(Nc2nccn(C(C)C)c2=O)C1. The van der Waals surface area contributed by atoms with Gasteiger partial charge in [0.05, 0.1) is 0 Å². The summed E-state index contributed by atoms with van der Waals surface area (Å²) >= 11 is 0. The van der Waals surface area contributed by atoms with Gasteiger partial charge >= 0.3 is 0 Å². The molecule has 0 aromatic carbocycles. The fraction of sp³-hybridized carbons (Fsp3) is 0.733. The highest BCUT2D eigenvalue weighted by molar-refractivity contribution is 5.32. The molecule has 0 spiro atoms. The van der Waals surface area contributed by atoms with Crippen molar-refractivity contribution in [2.24, 2.45) is 11.8 Å². The summed E-state index contributed by atoms with van der Waals surface area (Å²) in [6.07, 6.45) is 7.00. The maximum atomic E-state index is 12.3. The molecule has 1 N–H and O–H groups in total. The molecule has 2 rings (SSSR count). The van der Waals surface area contributed by atoms with Crippen LogP contribution in [0.25, 0.3) is 0 Å². The van der Waals surface area contributed by atoms with E-state index in [9.17, 15) is 4.79 Å². The fourth-order valence-corrected chi connectivity index (χ4v) is 3.19. The minimum absolute atomic E-state index is 0.0108. The van der Waals surface area contributed by atoms with Crippen molar-refractivity contribution in [2.75, 3.05) is 5.32 Å². The highest BCUT2D eigenvalue weighted by Gasteiger charge is 2.24. The summed E-state index contributed by atoms with van der Waals surface area (Å²) in [4.78, 5) is 16.5. The summed E-state index contributed by atoms with van der Waals surface area (Å²) in [7, 11) is 0. The van der Waals surface area contributed by atoms with Gasteiger partial charge in [0.2, 0.25) is 0 Å². The zero-order chi connectivity index (χ0) is 14.0. The first-order valence-electron chi connectivity index (χ1n) is 7.31. The van der Waals surface area contributed by atoms with E-state index in [1.807, 2.05) is 13.8 Å². The lowest BCUT2D eigenvalue weighted by Gasteiger charge is -2.32. The summed E-state index contributed by atoms with van der Waals surface area (Å²) in [6.45, 7) is 8.59. The third kappa shape index (κ3) is 3.37. The van der Waals surface area contributed by atoms with Crippen molar-refractivity contribution in [2.45, 2.75) is 59.0 Å². The van der Waals surface area contributed by atoms with E-state index in [1.165, 1.54) is 6.42 Å². The first-order chi connectivity index (χ1) is 8.97. The number of hydrogen-bond acceptors (Lipinski definition) is 3. The zero-order valence-corrected chi connectivity index (χ0v) is 12.4. The number of anilines is 1. The van der Waals surface area contributed by atoms with Crippen molar-refractivity contribution in [1.29, 1.82) is 0 Å². The summed E-state index contributed by atoms with van der Waals surface area (Å²) in [5.41, 5.74) is -0.0108. The Morgan fingerprint density at radius 3 is 2.47 bits per heavy atom. The van der Waals surface area contributed by atoms with Crippen LogP contribution in [0.1, 0.15) is 53.0 Å². The van der Waals surface area contributed by atoms with E-state index < -0.39 is 0 Å². The molecule has 1 aromatic rings. The van der Waals surface area contributed by atoms with E-state index in [2.05, 4.69) is 24.1 Å². The van der Waals surface area contributed by atoms with Gasteiger partial charge < -0.3 is 9.88 Å². The Labute approximate surface area is 115 Å². The van der Waals surface area contributed by atoms with Crippen molar-refractivity contribution in [3.8, 4) is 0 Å². The van der Waals surface area contributed by atoms with Gasteiger partial charge in [0.25, 0.3) is 5.56 Å². The van der Waals surface area contributed by atoms with Crippen molar-refractivity contribution in [3.63, 3.8) is 0 Å². The molecule has 1 aliphatic carbocycles. The topological polar surface area (TPSA) is 46.9 Å². The number of hydrogen-bond donors (Lipinski definition) is 1. The second-order valence-electron chi connectivity index (χ2n) is 6.34. The lowest BCUT2D eigenvalue weighted by Crippen LogP contribution is -2.34. The maximum absolute atomic E-state index is 12.3. The minimum Gasteiger partial charge on any atom is -0.363 e. The third-order valence-electron chi connectivity index (χ3n) is 3.94. The van der Waals surface area contributed by atoms with Crippen LogP contribution in [0, 0.1) is 11.8 Å². The quantitative estimate of drug-likeness (QED) is 0.911. The van der Waals surface area contributed by atoms with Crippen LogP contribution in [-0.4, -0.2) is 15.6 Å². The zero-order valence-electron chi connectivity index (χ0n) is 12.4. The number of nitrogens with zero attached hydrogens (tertiary/aromatic N) is 2. The second-order valence-corrected chi connectivity index (χ2v) is 6.34. The lowest BCUT2D eigenvalue weighted by molar-refractivity contribution is 0.280. The molecule has 19 heavy (non-hydrogen) atoms. The predicted octanol–water partition coefficient (Wildman–Crippen LogP) is 3.06. The van der Waals surface area contributed by atoms with Gasteiger partial charge in [-0.2, -0.15) is 0 Å². The molecule has 0 amide bonds. The van der Waals surface area contributed by atoms with Gasteiger partial charge in [0.1, 0.15) is 0 Å². The molecule has 0 saturated heterocycles. The van der Waals surface area contributed by atoms with Crippen molar-refractivity contribution in [1.82, 2.24) is 9.55 Å². The van der Waals surface area contributed by atoms with Crippen molar-refractivity contribution < 1.29 is 0 Å². The predicted molar refractivity (Wildman–Crippen MR) is 78.5 cm³/mol. The monoisotopic (exact) mass is 263 g/mol. The summed E-state index contributed by atoms with van der Waals surface area (Å²) < 4.78 is 1.73. The average molecular weight is 263 g/mol. The smallest absolute Gasteiger partial charge is 0.293 e. The van der Waals surface area contributed by atoms with E-state index >= 15 is 0 Å². The van der Waals surface area contributed by atoms with E-state index in [1.54, 1.807) is 17.0 Å². The van der Waals surface area contributed by atoms with Crippen molar-refractivity contribution >= 4 is 5.82 Å². The molecule has 1 aromatic heterocycles. The van der Waals surface area contributed by atoms with Crippen molar-refractivity contribution in [3.05, 3.63) is 22.7 Å². The molecule has 106 valence electrons. The van der Waals surface area contributed by atoms with E-state index in [0.29, 0.717) is 11.9 Å². The Bertz CT molecular complexity index is 471. The molecule has 1 fully saturated rings. The Kier molecular flexibility index (Phi) is 4.27. The van der Waals surface area contributed by atoms with Gasteiger partial charge in [-0.15, -0.1) is 0 Å². The van der Waals surface area contributed by atoms with Crippen LogP contribution in [0.15, 0.2) is 17.2 Å². The number of aromatic nitrogens is 2. The number of rotatable bonds is 3. The fourth-order valence-electron chi connectivity index (χ4n) is 3.19. The van der Waals surface area contributed by atoms with Crippen LogP contribution in [0.3, 0.4) is 0 Å². The first kappa shape index (κ1) is 14.1. The summed E-state index contributed by atoms with van der Waals surface area (Å²) in [6, 6.07) is 0.544. The molecule has 2 unspecified atom stereocenters. The molecule has 2 atom stereocenters. The average Bonchev–Trinajstić information content (AvgIpc) is 2.30. The molecule has 4 nitrogen and oxygen atoms in total. The Morgan fingerprint density at radius 1 is 1.26 bits per heavy atom. The van der Waals surface area contributed by atoms with Crippen LogP contribution < -0.4 is 10.9 Å². The molecule has 0 radical (unpaired) electrons. The first-order valence-corrected chi connectivity index (χ1v) is 7.31. The van der Waals surface area contributed by atoms with Crippen LogP contribution in [0.5, 0.6) is 0 Å². The summed E-state index contributed by atoms with van der Waals surface area (Å²) in [5.74, 6) is 1.94. The van der Waals surface area contributed by atoms with Crippen LogP contribution in [0.4, 0.5) is 5.82 Å². The molecule has 1 aliphatic rings. The lowest BCUT2D eigenvalue weighted by atomic mass is 9.80. The van der Waals surface area contributed by atoms with E-state index in [4.69, 9.17) is 0 Å². The molecular formula is C15H25N3O. The molecule has 0 bridgehead atoms. The highest BCUT2D eigenvalue weighted by atomic mass is 16.1. The van der Waals surface area contributed by atoms with Gasteiger partial charge in [-0.05, 0) is 44.9 Å². The van der Waals surface area contributed by atoms with Crippen LogP contribution >= 0.6 is 0 Å². The molecular weight excluding hydrogens is 238 g/mol. The second kappa shape index (κ2) is 5.76. The largest absolute Gasteiger partial charge is 0.363 e. The van der Waals surface area contributed by atoms with E-state index in [0.717, 1.165) is 24.7 Å². The van der Waals surface area contributed by atoms with Gasteiger partial charge in [-0.25, -0.2) is 4.98 Å². The van der Waals surface area contributed by atoms with E-state index in [-0.39, 0.29) is 11.6 Å². The Hall–Kier alpha value is -1.32. The minimum atomic E-state index is -0.0108. The van der Waals surface area contributed by atoms with Crippen LogP contribution in [-0.2, 0) is 0 Å². The Balaban J connectivity index is 2.15. The van der Waals surface area contributed by atoms with Gasteiger partial charge in [-0.3, -0.25) is 4.79 Å².